The van der Waals surface area contributed by atoms with E-state index in [-0.39, 0.29) is 29.4 Å². The molecule has 26 heavy (non-hydrogen) atoms. The first-order valence-corrected chi connectivity index (χ1v) is 10.2. The molecule has 2 saturated heterocycles. The average Bonchev–Trinajstić information content (AvgIpc) is 3.34. The summed E-state index contributed by atoms with van der Waals surface area (Å²) in [6.45, 7) is 12.2. The highest BCUT2D eigenvalue weighted by Gasteiger charge is 2.39. The first-order valence-electron chi connectivity index (χ1n) is 10.2. The smallest absolute Gasteiger partial charge is 0.191 e. The molecule has 3 fully saturated rings. The molecule has 5 nitrogen and oxygen atoms in total. The van der Waals surface area contributed by atoms with Crippen molar-refractivity contribution < 1.29 is 4.74 Å². The van der Waals surface area contributed by atoms with Gasteiger partial charge in [0.05, 0.1) is 6.10 Å². The van der Waals surface area contributed by atoms with Gasteiger partial charge in [0, 0.05) is 50.8 Å². The van der Waals surface area contributed by atoms with Crippen molar-refractivity contribution >= 4 is 29.9 Å². The lowest BCUT2D eigenvalue weighted by Gasteiger charge is -2.40. The van der Waals surface area contributed by atoms with Crippen LogP contribution < -0.4 is 10.6 Å². The van der Waals surface area contributed by atoms with Gasteiger partial charge >= 0.3 is 0 Å². The molecule has 6 heteroatoms. The Bertz CT molecular complexity index is 475. The van der Waals surface area contributed by atoms with Crippen molar-refractivity contribution in [2.75, 3.05) is 26.7 Å². The Hall–Kier alpha value is -0.0800. The highest BCUT2D eigenvalue weighted by Crippen LogP contribution is 2.34. The predicted molar refractivity (Wildman–Crippen MR) is 119 cm³/mol. The van der Waals surface area contributed by atoms with Crippen LogP contribution >= 0.6 is 24.0 Å². The quantitative estimate of drug-likeness (QED) is 0.370. The van der Waals surface area contributed by atoms with Gasteiger partial charge in [-0.15, -0.1) is 24.0 Å². The minimum atomic E-state index is 0. The number of nitrogens with zero attached hydrogens (tertiary/aromatic N) is 2. The summed E-state index contributed by atoms with van der Waals surface area (Å²) in [5.41, 5.74) is 0.190. The van der Waals surface area contributed by atoms with Gasteiger partial charge in [-0.05, 0) is 44.4 Å². The molecule has 4 atom stereocenters. The molecule has 0 radical (unpaired) electrons. The van der Waals surface area contributed by atoms with Gasteiger partial charge < -0.3 is 15.4 Å². The van der Waals surface area contributed by atoms with Crippen molar-refractivity contribution in [2.45, 2.75) is 84.0 Å². The third kappa shape index (κ3) is 5.71. The fourth-order valence-electron chi connectivity index (χ4n) is 4.70. The Kier molecular flexibility index (Phi) is 8.04. The molecule has 0 aromatic carbocycles. The van der Waals surface area contributed by atoms with E-state index in [4.69, 9.17) is 4.74 Å². The molecule has 3 aliphatic rings. The molecule has 0 aromatic rings. The van der Waals surface area contributed by atoms with Gasteiger partial charge in [0.1, 0.15) is 0 Å². The number of halogens is 1. The van der Waals surface area contributed by atoms with Crippen molar-refractivity contribution in [3.05, 3.63) is 0 Å². The van der Waals surface area contributed by atoms with Crippen molar-refractivity contribution in [3.8, 4) is 0 Å². The Morgan fingerprint density at radius 1 is 1.23 bits per heavy atom. The van der Waals surface area contributed by atoms with E-state index in [1.807, 2.05) is 7.05 Å². The zero-order chi connectivity index (χ0) is 18.0. The monoisotopic (exact) mass is 478 g/mol. The summed E-state index contributed by atoms with van der Waals surface area (Å²) in [6, 6.07) is 2.06. The molecular weight excluding hydrogens is 439 g/mol. The third-order valence-electron chi connectivity index (χ3n) is 6.03. The number of ether oxygens (including phenoxy) is 1. The molecule has 1 saturated carbocycles. The highest BCUT2D eigenvalue weighted by atomic mass is 127. The van der Waals surface area contributed by atoms with E-state index in [0.29, 0.717) is 24.1 Å². The van der Waals surface area contributed by atoms with Crippen molar-refractivity contribution in [1.29, 1.82) is 0 Å². The lowest BCUT2D eigenvalue weighted by Crippen LogP contribution is -2.49. The van der Waals surface area contributed by atoms with E-state index in [0.717, 1.165) is 31.7 Å². The molecule has 0 aromatic heterocycles. The summed E-state index contributed by atoms with van der Waals surface area (Å²) in [5.74, 6) is 1.51. The van der Waals surface area contributed by atoms with Crippen LogP contribution in [0.2, 0.25) is 0 Å². The molecule has 2 heterocycles. The van der Waals surface area contributed by atoms with Gasteiger partial charge in [-0.3, -0.25) is 9.89 Å². The van der Waals surface area contributed by atoms with Crippen molar-refractivity contribution in [3.63, 3.8) is 0 Å². The van der Waals surface area contributed by atoms with E-state index in [2.05, 4.69) is 48.2 Å². The van der Waals surface area contributed by atoms with Crippen LogP contribution in [-0.2, 0) is 4.74 Å². The SMILES string of the molecule is CN=C(NCC1CCCOC1C(C)(C)C)NC1CC(C)N(C2CC2)C1.I. The minimum absolute atomic E-state index is 0. The van der Waals surface area contributed by atoms with Gasteiger partial charge in [-0.25, -0.2) is 0 Å². The summed E-state index contributed by atoms with van der Waals surface area (Å²) in [4.78, 5) is 7.14. The van der Waals surface area contributed by atoms with Gasteiger partial charge in [0.15, 0.2) is 5.96 Å². The topological polar surface area (TPSA) is 48.9 Å². The number of hydrogen-bond donors (Lipinski definition) is 2. The lowest BCUT2D eigenvalue weighted by molar-refractivity contribution is -0.0835. The zero-order valence-electron chi connectivity index (χ0n) is 17.3. The standard InChI is InChI=1S/C20H38N4O.HI/c1-14-11-16(13-24(14)17-8-9-17)23-19(21-5)22-12-15-7-6-10-25-18(15)20(2,3)4;/h14-18H,6-13H2,1-5H3,(H2,21,22,23);1H. The second-order valence-electron chi connectivity index (χ2n) is 9.37. The molecule has 0 spiro atoms. The molecule has 152 valence electrons. The molecule has 2 N–H and O–H groups in total. The van der Waals surface area contributed by atoms with E-state index in [1.165, 1.54) is 32.1 Å². The van der Waals surface area contributed by atoms with E-state index in [9.17, 15) is 0 Å². The fraction of sp³-hybridized carbons (Fsp3) is 0.950. The van der Waals surface area contributed by atoms with E-state index in [1.54, 1.807) is 0 Å². The predicted octanol–water partition coefficient (Wildman–Crippen LogP) is 3.24. The Labute approximate surface area is 177 Å². The Morgan fingerprint density at radius 3 is 2.58 bits per heavy atom. The lowest BCUT2D eigenvalue weighted by atomic mass is 9.78. The van der Waals surface area contributed by atoms with Crippen LogP contribution in [-0.4, -0.2) is 61.8 Å². The number of aliphatic imine (C=N–C) groups is 1. The second kappa shape index (κ2) is 9.41. The van der Waals surface area contributed by atoms with Crippen LogP contribution in [0.4, 0.5) is 0 Å². The molecule has 0 bridgehead atoms. The minimum Gasteiger partial charge on any atom is -0.377 e. The molecule has 2 aliphatic heterocycles. The number of likely N-dealkylation sites (tertiary alicyclic amines) is 1. The van der Waals surface area contributed by atoms with Crippen LogP contribution in [0.1, 0.15) is 59.8 Å². The summed E-state index contributed by atoms with van der Waals surface area (Å²) in [5, 5.41) is 7.24. The largest absolute Gasteiger partial charge is 0.377 e. The van der Waals surface area contributed by atoms with Crippen LogP contribution in [0.3, 0.4) is 0 Å². The average molecular weight is 478 g/mol. The van der Waals surface area contributed by atoms with Crippen molar-refractivity contribution in [1.82, 2.24) is 15.5 Å². The maximum Gasteiger partial charge on any atom is 0.191 e. The molecule has 1 aliphatic carbocycles. The first-order chi connectivity index (χ1) is 11.9. The van der Waals surface area contributed by atoms with Gasteiger partial charge in [0.25, 0.3) is 0 Å². The summed E-state index contributed by atoms with van der Waals surface area (Å²) >= 11 is 0. The van der Waals surface area contributed by atoms with E-state index < -0.39 is 0 Å². The summed E-state index contributed by atoms with van der Waals surface area (Å²) < 4.78 is 6.11. The summed E-state index contributed by atoms with van der Waals surface area (Å²) in [6.07, 6.45) is 6.72. The van der Waals surface area contributed by atoms with Gasteiger partial charge in [-0.2, -0.15) is 0 Å². The van der Waals surface area contributed by atoms with Gasteiger partial charge in [0.2, 0.25) is 0 Å². The number of nitrogens with one attached hydrogen (secondary N) is 2. The molecule has 3 rings (SSSR count). The van der Waals surface area contributed by atoms with Crippen LogP contribution in [0.5, 0.6) is 0 Å². The van der Waals surface area contributed by atoms with Crippen molar-refractivity contribution in [2.24, 2.45) is 16.3 Å². The van der Waals surface area contributed by atoms with Crippen LogP contribution in [0.15, 0.2) is 4.99 Å². The maximum absolute atomic E-state index is 6.11. The number of rotatable bonds is 4. The van der Waals surface area contributed by atoms with Crippen LogP contribution in [0.25, 0.3) is 0 Å². The second-order valence-corrected chi connectivity index (χ2v) is 9.37. The molecule has 0 amide bonds. The Balaban J connectivity index is 0.00000243. The Morgan fingerprint density at radius 2 is 1.96 bits per heavy atom. The first kappa shape index (κ1) is 22.2. The number of hydrogen-bond acceptors (Lipinski definition) is 3. The number of guanidine groups is 1. The van der Waals surface area contributed by atoms with Crippen LogP contribution in [0, 0.1) is 11.3 Å². The van der Waals surface area contributed by atoms with Gasteiger partial charge in [-0.1, -0.05) is 20.8 Å². The molecular formula is C20H39IN4O. The molecule has 4 unspecified atom stereocenters. The zero-order valence-corrected chi connectivity index (χ0v) is 19.6. The van der Waals surface area contributed by atoms with E-state index >= 15 is 0 Å². The third-order valence-corrected chi connectivity index (χ3v) is 6.03. The maximum atomic E-state index is 6.11. The normalized spacial score (nSPS) is 33.7. The fourth-order valence-corrected chi connectivity index (χ4v) is 4.70. The summed E-state index contributed by atoms with van der Waals surface area (Å²) in [7, 11) is 1.88. The highest BCUT2D eigenvalue weighted by molar-refractivity contribution is 14.0.